The highest BCUT2D eigenvalue weighted by atomic mass is 32.1. The molecule has 2 unspecified atom stereocenters. The van der Waals surface area contributed by atoms with Crippen LogP contribution >= 0.6 is 11.3 Å². The summed E-state index contributed by atoms with van der Waals surface area (Å²) < 4.78 is 0. The van der Waals surface area contributed by atoms with Gasteiger partial charge >= 0.3 is 12.0 Å². The number of hydrogen-bond donors (Lipinski definition) is 2. The van der Waals surface area contributed by atoms with Crippen LogP contribution in [0, 0.1) is 0 Å². The first kappa shape index (κ1) is 25.4. The van der Waals surface area contributed by atoms with Gasteiger partial charge in [0.15, 0.2) is 6.35 Å². The number of para-hydroxylation sites is 2. The Kier molecular flexibility index (Phi) is 7.57. The number of piperazine rings is 1. The van der Waals surface area contributed by atoms with E-state index in [-0.39, 0.29) is 18.6 Å². The van der Waals surface area contributed by atoms with Crippen molar-refractivity contribution in [2.45, 2.75) is 50.8 Å². The number of aliphatic hydroxyl groups is 1. The third kappa shape index (κ3) is 5.00. The van der Waals surface area contributed by atoms with E-state index in [1.54, 1.807) is 16.2 Å². The van der Waals surface area contributed by atoms with Crippen LogP contribution in [0.3, 0.4) is 0 Å². The van der Waals surface area contributed by atoms with Crippen molar-refractivity contribution in [1.29, 1.82) is 0 Å². The second-order valence-corrected chi connectivity index (χ2v) is 10.3. The van der Waals surface area contributed by atoms with Gasteiger partial charge in [-0.25, -0.2) is 9.59 Å². The fourth-order valence-corrected chi connectivity index (χ4v) is 6.32. The monoisotopic (exact) mass is 520 g/mol. The predicted octanol–water partition coefficient (Wildman–Crippen LogP) is 4.41. The molecule has 2 aliphatic heterocycles. The van der Waals surface area contributed by atoms with Gasteiger partial charge in [-0.1, -0.05) is 43.3 Å². The fraction of sp³-hybridized carbons (Fsp3) is 0.357. The molecule has 2 aromatic carbocycles. The molecular formula is C28H32N4O4S. The molecule has 0 aliphatic carbocycles. The maximum Gasteiger partial charge on any atom is 0.329 e. The molecule has 2 N–H and O–H groups in total. The summed E-state index contributed by atoms with van der Waals surface area (Å²) in [5.41, 5.74) is 2.46. The standard InChI is InChI=1S/C28H32N4O4S/c1-2-29(17-20-15-16-37-19-20)27(35)32-23-13-14-24(32)25(26(33)34)30(18-23)28(36)31(21-9-5-3-6-10-21)22-11-7-4-8-12-22/h3-12,15-16,19,23-25,27,35H,2,13-14,17-18H2,1H3,(H,33,34)/t23-,24?,25-,27?/m0/s1. The largest absolute Gasteiger partial charge is 0.480 e. The molecule has 194 valence electrons. The Morgan fingerprint density at radius 1 is 1.03 bits per heavy atom. The Hall–Kier alpha value is -3.24. The fourth-order valence-electron chi connectivity index (χ4n) is 5.66. The summed E-state index contributed by atoms with van der Waals surface area (Å²) >= 11 is 1.61. The van der Waals surface area contributed by atoms with Crippen LogP contribution < -0.4 is 4.90 Å². The van der Waals surface area contributed by atoms with Crippen LogP contribution in [0.2, 0.25) is 0 Å². The molecule has 2 bridgehead atoms. The maximum atomic E-state index is 14.1. The van der Waals surface area contributed by atoms with Crippen LogP contribution in [0.1, 0.15) is 25.3 Å². The molecule has 4 atom stereocenters. The van der Waals surface area contributed by atoms with Gasteiger partial charge in [0.25, 0.3) is 0 Å². The molecule has 2 saturated heterocycles. The van der Waals surface area contributed by atoms with E-state index in [1.165, 1.54) is 4.90 Å². The summed E-state index contributed by atoms with van der Waals surface area (Å²) in [6.07, 6.45) is 0.401. The molecule has 1 aromatic heterocycles. The maximum absolute atomic E-state index is 14.1. The number of carbonyl (C=O) groups excluding carboxylic acids is 1. The minimum atomic E-state index is -1.07. The topological polar surface area (TPSA) is 87.6 Å². The summed E-state index contributed by atoms with van der Waals surface area (Å²) in [6.45, 7) is 3.41. The summed E-state index contributed by atoms with van der Waals surface area (Å²) in [6, 6.07) is 18.6. The van der Waals surface area contributed by atoms with Crippen molar-refractivity contribution >= 4 is 34.7 Å². The minimum absolute atomic E-state index is 0.135. The van der Waals surface area contributed by atoms with Crippen molar-refractivity contribution in [1.82, 2.24) is 14.7 Å². The van der Waals surface area contributed by atoms with Gasteiger partial charge in [0.05, 0.1) is 11.4 Å². The van der Waals surface area contributed by atoms with Gasteiger partial charge in [0.2, 0.25) is 0 Å². The molecule has 9 heteroatoms. The second-order valence-electron chi connectivity index (χ2n) is 9.51. The molecule has 0 radical (unpaired) electrons. The number of aliphatic hydroxyl groups excluding tert-OH is 1. The van der Waals surface area contributed by atoms with E-state index < -0.39 is 24.4 Å². The first-order chi connectivity index (χ1) is 18.0. The molecule has 3 aromatic rings. The zero-order valence-electron chi connectivity index (χ0n) is 20.8. The Labute approximate surface area is 221 Å². The SMILES string of the molecule is CCN(Cc1ccsc1)C(O)N1C2CC[C@H]1CN(C(=O)N(c1ccccc1)c1ccccc1)[C@@H]2C(=O)O. The van der Waals surface area contributed by atoms with Crippen molar-refractivity contribution in [3.63, 3.8) is 0 Å². The van der Waals surface area contributed by atoms with Crippen molar-refractivity contribution in [2.24, 2.45) is 0 Å². The zero-order valence-corrected chi connectivity index (χ0v) is 21.6. The van der Waals surface area contributed by atoms with Gasteiger partial charge in [0, 0.05) is 25.2 Å². The number of likely N-dealkylation sites (tertiary alicyclic amines) is 1. The molecule has 2 aliphatic rings. The van der Waals surface area contributed by atoms with Gasteiger partial charge in [-0.15, -0.1) is 0 Å². The molecule has 2 amide bonds. The number of amides is 2. The highest BCUT2D eigenvalue weighted by Gasteiger charge is 2.54. The van der Waals surface area contributed by atoms with E-state index in [9.17, 15) is 19.8 Å². The van der Waals surface area contributed by atoms with Gasteiger partial charge in [0.1, 0.15) is 6.04 Å². The second kappa shape index (κ2) is 11.0. The minimum Gasteiger partial charge on any atom is -0.480 e. The first-order valence-corrected chi connectivity index (χ1v) is 13.6. The lowest BCUT2D eigenvalue weighted by atomic mass is 10.0. The number of nitrogens with zero attached hydrogens (tertiary/aromatic N) is 4. The number of fused-ring (bicyclic) bond motifs is 2. The average molecular weight is 521 g/mol. The number of aliphatic carboxylic acids is 1. The van der Waals surface area contributed by atoms with E-state index in [0.717, 1.165) is 12.0 Å². The average Bonchev–Trinajstić information content (AvgIpc) is 3.54. The summed E-state index contributed by atoms with van der Waals surface area (Å²) in [7, 11) is 0. The number of carboxylic acids is 1. The number of rotatable bonds is 8. The van der Waals surface area contributed by atoms with Gasteiger partial charge in [-0.05, 0) is 66.0 Å². The molecule has 5 rings (SSSR count). The first-order valence-electron chi connectivity index (χ1n) is 12.6. The van der Waals surface area contributed by atoms with E-state index in [1.807, 2.05) is 88.8 Å². The third-order valence-electron chi connectivity index (χ3n) is 7.39. The van der Waals surface area contributed by atoms with E-state index in [2.05, 4.69) is 5.38 Å². The molecule has 37 heavy (non-hydrogen) atoms. The Morgan fingerprint density at radius 2 is 1.68 bits per heavy atom. The third-order valence-corrected chi connectivity index (χ3v) is 8.12. The van der Waals surface area contributed by atoms with Gasteiger partial charge < -0.3 is 15.1 Å². The summed E-state index contributed by atoms with van der Waals surface area (Å²) in [5.74, 6) is -1.06. The van der Waals surface area contributed by atoms with E-state index in [0.29, 0.717) is 30.9 Å². The Balaban J connectivity index is 1.44. The molecule has 3 heterocycles. The van der Waals surface area contributed by atoms with Crippen LogP contribution in [-0.4, -0.2) is 74.5 Å². The van der Waals surface area contributed by atoms with Crippen molar-refractivity contribution in [3.8, 4) is 0 Å². The zero-order chi connectivity index (χ0) is 25.9. The lowest BCUT2D eigenvalue weighted by Crippen LogP contribution is -2.68. The van der Waals surface area contributed by atoms with Crippen LogP contribution in [0.4, 0.5) is 16.2 Å². The number of urea groups is 1. The predicted molar refractivity (Wildman–Crippen MR) is 144 cm³/mol. The Bertz CT molecular complexity index is 1150. The highest BCUT2D eigenvalue weighted by Crippen LogP contribution is 2.38. The van der Waals surface area contributed by atoms with Gasteiger partial charge in [-0.3, -0.25) is 14.7 Å². The highest BCUT2D eigenvalue weighted by molar-refractivity contribution is 7.07. The van der Waals surface area contributed by atoms with E-state index in [4.69, 9.17) is 0 Å². The van der Waals surface area contributed by atoms with E-state index >= 15 is 0 Å². The quantitative estimate of drug-likeness (QED) is 0.428. The molecular weight excluding hydrogens is 488 g/mol. The van der Waals surface area contributed by atoms with Crippen LogP contribution in [0.5, 0.6) is 0 Å². The number of benzene rings is 2. The molecule has 2 fully saturated rings. The van der Waals surface area contributed by atoms with Crippen molar-refractivity contribution < 1.29 is 19.8 Å². The van der Waals surface area contributed by atoms with Crippen molar-refractivity contribution in [3.05, 3.63) is 83.1 Å². The van der Waals surface area contributed by atoms with Crippen LogP contribution in [-0.2, 0) is 11.3 Å². The molecule has 0 saturated carbocycles. The van der Waals surface area contributed by atoms with Crippen molar-refractivity contribution in [2.75, 3.05) is 18.0 Å². The summed E-state index contributed by atoms with van der Waals surface area (Å²) in [4.78, 5) is 33.7. The molecule has 8 nitrogen and oxygen atoms in total. The summed E-state index contributed by atoms with van der Waals surface area (Å²) in [5, 5.41) is 25.9. The lowest BCUT2D eigenvalue weighted by molar-refractivity contribution is -0.171. The lowest BCUT2D eigenvalue weighted by Gasteiger charge is -2.49. The number of thiophene rings is 1. The Morgan fingerprint density at radius 3 is 2.22 bits per heavy atom. The van der Waals surface area contributed by atoms with Crippen LogP contribution in [0.15, 0.2) is 77.5 Å². The number of anilines is 2. The molecule has 0 spiro atoms. The smallest absolute Gasteiger partial charge is 0.329 e. The number of hydrogen-bond acceptors (Lipinski definition) is 6. The van der Waals surface area contributed by atoms with Crippen LogP contribution in [0.25, 0.3) is 0 Å². The van der Waals surface area contributed by atoms with Gasteiger partial charge in [-0.2, -0.15) is 11.3 Å². The normalized spacial score (nSPS) is 22.2. The number of carboxylic acid groups (broad SMARTS) is 1. The number of carbonyl (C=O) groups is 2.